The summed E-state index contributed by atoms with van der Waals surface area (Å²) in [4.78, 5) is 23.4. The van der Waals surface area contributed by atoms with Crippen molar-refractivity contribution in [2.24, 2.45) is 0 Å². The van der Waals surface area contributed by atoms with Crippen molar-refractivity contribution in [1.29, 1.82) is 0 Å². The SMILES string of the molecule is CC(OC(=O)c1cnn(-c2ccc(-n3cc(-c4cccc(C(=O)O)c4)nn3)cc2)c1C(F)(F)F)(C(F)(F)F)C(F)(F)F. The zero-order chi connectivity index (χ0) is 31.3. The molecule has 1 N–H and O–H groups in total. The Morgan fingerprint density at radius 1 is 0.881 bits per heavy atom. The Morgan fingerprint density at radius 2 is 1.48 bits per heavy atom. The number of alkyl halides is 9. The molecule has 0 aliphatic heterocycles. The predicted octanol–water partition coefficient (Wildman–Crippen LogP) is 5.88. The number of aromatic nitrogens is 5. The number of carbonyl (C=O) groups is 2. The minimum Gasteiger partial charge on any atom is -0.478 e. The van der Waals surface area contributed by atoms with Gasteiger partial charge in [0.2, 0.25) is 0 Å². The van der Waals surface area contributed by atoms with E-state index in [1.807, 2.05) is 0 Å². The van der Waals surface area contributed by atoms with Crippen molar-refractivity contribution in [1.82, 2.24) is 24.8 Å². The van der Waals surface area contributed by atoms with Gasteiger partial charge in [-0.05, 0) is 43.3 Å². The lowest BCUT2D eigenvalue weighted by Crippen LogP contribution is -2.57. The van der Waals surface area contributed by atoms with Crippen molar-refractivity contribution in [3.05, 3.63) is 77.7 Å². The maximum absolute atomic E-state index is 13.9. The van der Waals surface area contributed by atoms with Crippen molar-refractivity contribution in [3.8, 4) is 22.6 Å². The van der Waals surface area contributed by atoms with E-state index < -0.39 is 54.2 Å². The topological polar surface area (TPSA) is 112 Å². The normalized spacial score (nSPS) is 12.8. The first-order valence-electron chi connectivity index (χ1n) is 11.2. The molecule has 0 aliphatic carbocycles. The van der Waals surface area contributed by atoms with Gasteiger partial charge in [-0.1, -0.05) is 17.3 Å². The number of carboxylic acids is 1. The summed E-state index contributed by atoms with van der Waals surface area (Å²) in [6, 6.07) is 10.3. The first kappa shape index (κ1) is 30.1. The number of nitrogens with zero attached hydrogens (tertiary/aromatic N) is 5. The van der Waals surface area contributed by atoms with Crippen LogP contribution in [0.2, 0.25) is 0 Å². The monoisotopic (exact) mass is 607 g/mol. The van der Waals surface area contributed by atoms with Gasteiger partial charge >= 0.3 is 30.5 Å². The molecule has 0 amide bonds. The lowest BCUT2D eigenvalue weighted by Gasteiger charge is -2.33. The summed E-state index contributed by atoms with van der Waals surface area (Å²) in [5.41, 5.74) is -8.28. The van der Waals surface area contributed by atoms with Crippen LogP contribution in [0.1, 0.15) is 33.3 Å². The molecule has 0 saturated carbocycles. The Labute approximate surface area is 227 Å². The van der Waals surface area contributed by atoms with Crippen LogP contribution in [-0.2, 0) is 10.9 Å². The third kappa shape index (κ3) is 5.51. The van der Waals surface area contributed by atoms with Gasteiger partial charge in [0.25, 0.3) is 5.60 Å². The fourth-order valence-corrected chi connectivity index (χ4v) is 3.56. The second-order valence-electron chi connectivity index (χ2n) is 8.69. The largest absolute Gasteiger partial charge is 0.478 e. The highest BCUT2D eigenvalue weighted by Gasteiger charge is 2.71. The Balaban J connectivity index is 1.66. The van der Waals surface area contributed by atoms with Gasteiger partial charge in [0, 0.05) is 5.56 Å². The highest BCUT2D eigenvalue weighted by atomic mass is 19.4. The standard InChI is InChI=1S/C24H14F9N5O4/c1-21(23(28,29)30,24(31,32)33)42-20(41)16-10-34-38(18(16)22(25,26)27)15-7-5-14(6-8-15)37-11-17(35-36-37)12-3-2-4-13(9-12)19(39)40/h2-11H,1H3,(H,39,40). The van der Waals surface area contributed by atoms with Crippen LogP contribution in [0.5, 0.6) is 0 Å². The summed E-state index contributed by atoms with van der Waals surface area (Å²) in [6.45, 7) is -0.528. The lowest BCUT2D eigenvalue weighted by atomic mass is 10.1. The second-order valence-corrected chi connectivity index (χ2v) is 8.69. The zero-order valence-corrected chi connectivity index (χ0v) is 20.6. The van der Waals surface area contributed by atoms with Crippen molar-refractivity contribution in [3.63, 3.8) is 0 Å². The van der Waals surface area contributed by atoms with E-state index in [2.05, 4.69) is 20.1 Å². The van der Waals surface area contributed by atoms with Gasteiger partial charge in [-0.25, -0.2) is 19.0 Å². The maximum atomic E-state index is 13.9. The Kier molecular flexibility index (Phi) is 7.29. The number of rotatable bonds is 6. The molecule has 0 fully saturated rings. The molecule has 42 heavy (non-hydrogen) atoms. The van der Waals surface area contributed by atoms with E-state index >= 15 is 0 Å². The number of aromatic carboxylic acids is 1. The van der Waals surface area contributed by atoms with Gasteiger partial charge in [-0.15, -0.1) is 5.10 Å². The van der Waals surface area contributed by atoms with Crippen LogP contribution in [0.3, 0.4) is 0 Å². The molecule has 0 spiro atoms. The zero-order valence-electron chi connectivity index (χ0n) is 20.6. The molecule has 18 heteroatoms. The number of benzene rings is 2. The Hall–Kier alpha value is -4.90. The molecular formula is C24H14F9N5O4. The van der Waals surface area contributed by atoms with Gasteiger partial charge in [0.05, 0.1) is 29.3 Å². The predicted molar refractivity (Wildman–Crippen MR) is 122 cm³/mol. The van der Waals surface area contributed by atoms with Crippen LogP contribution in [-0.4, -0.2) is 59.8 Å². The highest BCUT2D eigenvalue weighted by Crippen LogP contribution is 2.46. The number of hydrogen-bond acceptors (Lipinski definition) is 6. The van der Waals surface area contributed by atoms with Gasteiger partial charge in [0.15, 0.2) is 5.69 Å². The molecule has 0 radical (unpaired) electrons. The van der Waals surface area contributed by atoms with Crippen LogP contribution in [0, 0.1) is 0 Å². The molecule has 0 atom stereocenters. The van der Waals surface area contributed by atoms with E-state index in [1.54, 1.807) is 6.07 Å². The minimum absolute atomic E-state index is 0.0178. The number of carbonyl (C=O) groups excluding carboxylic acids is 1. The molecule has 0 unspecified atom stereocenters. The molecule has 2 aromatic carbocycles. The molecule has 0 saturated heterocycles. The van der Waals surface area contributed by atoms with Gasteiger partial charge in [0.1, 0.15) is 11.3 Å². The molecule has 2 heterocycles. The Bertz CT molecular complexity index is 1620. The fraction of sp³-hybridized carbons (Fsp3) is 0.208. The fourth-order valence-electron chi connectivity index (χ4n) is 3.56. The van der Waals surface area contributed by atoms with Gasteiger partial charge in [-0.2, -0.15) is 44.6 Å². The van der Waals surface area contributed by atoms with E-state index in [1.165, 1.54) is 41.2 Å². The third-order valence-electron chi connectivity index (χ3n) is 5.89. The van der Waals surface area contributed by atoms with Gasteiger partial charge in [-0.3, -0.25) is 0 Å². The minimum atomic E-state index is -6.20. The average Bonchev–Trinajstić information content (AvgIpc) is 3.56. The van der Waals surface area contributed by atoms with Crippen LogP contribution < -0.4 is 0 Å². The summed E-state index contributed by atoms with van der Waals surface area (Å²) >= 11 is 0. The van der Waals surface area contributed by atoms with E-state index in [0.717, 1.165) is 12.1 Å². The van der Waals surface area contributed by atoms with Crippen LogP contribution in [0.25, 0.3) is 22.6 Å². The quantitative estimate of drug-likeness (QED) is 0.215. The lowest BCUT2D eigenvalue weighted by molar-refractivity contribution is -0.358. The molecule has 0 bridgehead atoms. The summed E-state index contributed by atoms with van der Waals surface area (Å²) in [6.07, 6.45) is -16.4. The van der Waals surface area contributed by atoms with Gasteiger partial charge < -0.3 is 9.84 Å². The third-order valence-corrected chi connectivity index (χ3v) is 5.89. The highest BCUT2D eigenvalue weighted by molar-refractivity contribution is 5.91. The summed E-state index contributed by atoms with van der Waals surface area (Å²) < 4.78 is 125. The summed E-state index contributed by atoms with van der Waals surface area (Å²) in [5.74, 6) is -3.73. The molecule has 9 nitrogen and oxygen atoms in total. The average molecular weight is 607 g/mol. The van der Waals surface area contributed by atoms with Crippen molar-refractivity contribution in [2.75, 3.05) is 0 Å². The van der Waals surface area contributed by atoms with Crippen LogP contribution in [0.4, 0.5) is 39.5 Å². The number of hydrogen-bond donors (Lipinski definition) is 1. The molecular weight excluding hydrogens is 593 g/mol. The maximum Gasteiger partial charge on any atom is 0.437 e. The summed E-state index contributed by atoms with van der Waals surface area (Å²) in [5, 5.41) is 20.3. The molecule has 0 aliphatic rings. The second kappa shape index (κ2) is 10.2. The number of ether oxygens (including phenoxy) is 1. The van der Waals surface area contributed by atoms with Crippen LogP contribution >= 0.6 is 0 Å². The number of esters is 1. The van der Waals surface area contributed by atoms with Crippen molar-refractivity contribution in [2.45, 2.75) is 31.1 Å². The molecule has 4 rings (SSSR count). The molecule has 222 valence electrons. The van der Waals surface area contributed by atoms with E-state index in [0.29, 0.717) is 5.56 Å². The van der Waals surface area contributed by atoms with Crippen molar-refractivity contribution >= 4 is 11.9 Å². The van der Waals surface area contributed by atoms with E-state index in [9.17, 15) is 49.1 Å². The first-order valence-corrected chi connectivity index (χ1v) is 11.2. The molecule has 2 aromatic heterocycles. The van der Waals surface area contributed by atoms with E-state index in [-0.39, 0.29) is 33.5 Å². The number of carboxylic acid groups (broad SMARTS) is 1. The molecule has 4 aromatic rings. The number of halogens is 9. The Morgan fingerprint density at radius 3 is 2.02 bits per heavy atom. The first-order chi connectivity index (χ1) is 19.3. The van der Waals surface area contributed by atoms with Crippen LogP contribution in [0.15, 0.2) is 60.9 Å². The summed E-state index contributed by atoms with van der Waals surface area (Å²) in [7, 11) is 0. The van der Waals surface area contributed by atoms with Crippen molar-refractivity contribution < 1.29 is 58.9 Å². The smallest absolute Gasteiger partial charge is 0.437 e. The van der Waals surface area contributed by atoms with E-state index in [4.69, 9.17) is 5.11 Å².